The molecule has 5 aromatic rings. The second-order valence-electron chi connectivity index (χ2n) is 9.89. The molecular formula is C35H29FN4O4S2. The molecule has 46 heavy (non-hydrogen) atoms. The lowest BCUT2D eigenvalue weighted by Crippen LogP contribution is -2.30. The van der Waals surface area contributed by atoms with Gasteiger partial charge in [0, 0.05) is 32.7 Å². The van der Waals surface area contributed by atoms with E-state index < -0.39 is 17.1 Å². The van der Waals surface area contributed by atoms with E-state index in [0.717, 1.165) is 10.5 Å². The van der Waals surface area contributed by atoms with Gasteiger partial charge in [0.25, 0.3) is 11.8 Å². The number of nitrogens with zero attached hydrogens (tertiary/aromatic N) is 1. The third-order valence-corrected chi connectivity index (χ3v) is 8.51. The van der Waals surface area contributed by atoms with E-state index >= 15 is 0 Å². The van der Waals surface area contributed by atoms with Crippen LogP contribution in [0.25, 0.3) is 17.3 Å². The molecule has 0 aliphatic heterocycles. The predicted molar refractivity (Wildman–Crippen MR) is 181 cm³/mol. The number of thiazole rings is 1. The van der Waals surface area contributed by atoms with Crippen LogP contribution in [0.2, 0.25) is 0 Å². The molecule has 0 bridgehead atoms. The SMILES string of the molecule is COc1ccccc1/C=C(\NC(=O)c1ccccc1)C(=O)Nc1ccc(SC(C)C(=O)Nc2nc(-c3ccc(F)cc3)cs2)cc1. The Balaban J connectivity index is 1.22. The fourth-order valence-electron chi connectivity index (χ4n) is 4.25. The average Bonchev–Trinajstić information content (AvgIpc) is 3.54. The summed E-state index contributed by atoms with van der Waals surface area (Å²) in [5.41, 5.74) is 2.97. The molecule has 1 heterocycles. The van der Waals surface area contributed by atoms with Gasteiger partial charge in [-0.1, -0.05) is 36.4 Å². The maximum atomic E-state index is 13.4. The van der Waals surface area contributed by atoms with Crippen LogP contribution in [-0.2, 0) is 9.59 Å². The number of para-hydroxylation sites is 1. The van der Waals surface area contributed by atoms with E-state index in [1.807, 2.05) is 12.1 Å². The molecule has 0 radical (unpaired) electrons. The Kier molecular flexibility index (Phi) is 10.6. The summed E-state index contributed by atoms with van der Waals surface area (Å²) in [4.78, 5) is 44.5. The molecule has 5 rings (SSSR count). The number of rotatable bonds is 11. The third-order valence-electron chi connectivity index (χ3n) is 6.64. The molecule has 0 spiro atoms. The summed E-state index contributed by atoms with van der Waals surface area (Å²) >= 11 is 2.64. The molecule has 0 fully saturated rings. The molecule has 8 nitrogen and oxygen atoms in total. The van der Waals surface area contributed by atoms with E-state index in [-0.39, 0.29) is 17.4 Å². The number of carbonyl (C=O) groups excluding carboxylic acids is 3. The Morgan fingerprint density at radius 1 is 0.891 bits per heavy atom. The molecule has 11 heteroatoms. The van der Waals surface area contributed by atoms with Crippen LogP contribution in [0.5, 0.6) is 5.75 Å². The van der Waals surface area contributed by atoms with Crippen LogP contribution in [0, 0.1) is 5.82 Å². The number of hydrogen-bond acceptors (Lipinski definition) is 7. The standard InChI is InChI=1S/C35H29FN4O4S2/c1-22(32(41)40-35-39-30(21-45-35)23-12-14-26(36)15-13-23)46-28-18-16-27(17-19-28)37-34(43)29(20-25-10-6-7-11-31(25)44-2)38-33(42)24-8-4-3-5-9-24/h3-22H,1-2H3,(H,37,43)(H,38,42)(H,39,40,41)/b29-20-. The van der Waals surface area contributed by atoms with Crippen molar-refractivity contribution >= 4 is 57.7 Å². The maximum Gasteiger partial charge on any atom is 0.272 e. The highest BCUT2D eigenvalue weighted by atomic mass is 32.2. The first-order chi connectivity index (χ1) is 22.3. The fourth-order valence-corrected chi connectivity index (χ4v) is 5.84. The molecule has 3 N–H and O–H groups in total. The number of methoxy groups -OCH3 is 1. The zero-order chi connectivity index (χ0) is 32.5. The van der Waals surface area contributed by atoms with Crippen molar-refractivity contribution in [2.45, 2.75) is 17.1 Å². The Morgan fingerprint density at radius 2 is 1.59 bits per heavy atom. The van der Waals surface area contributed by atoms with Crippen molar-refractivity contribution < 1.29 is 23.5 Å². The summed E-state index contributed by atoms with van der Waals surface area (Å²) in [6.07, 6.45) is 1.56. The van der Waals surface area contributed by atoms with Crippen LogP contribution >= 0.6 is 23.1 Å². The van der Waals surface area contributed by atoms with Gasteiger partial charge in [0.05, 0.1) is 18.1 Å². The van der Waals surface area contributed by atoms with Gasteiger partial charge in [-0.25, -0.2) is 9.37 Å². The predicted octanol–water partition coefficient (Wildman–Crippen LogP) is 7.49. The number of carbonyl (C=O) groups is 3. The van der Waals surface area contributed by atoms with Crippen molar-refractivity contribution in [2.24, 2.45) is 0 Å². The van der Waals surface area contributed by atoms with Crippen molar-refractivity contribution in [3.8, 4) is 17.0 Å². The molecule has 232 valence electrons. The molecule has 0 aliphatic rings. The van der Waals surface area contributed by atoms with Gasteiger partial charge < -0.3 is 20.7 Å². The van der Waals surface area contributed by atoms with Gasteiger partial charge in [-0.05, 0) is 79.7 Å². The van der Waals surface area contributed by atoms with Crippen molar-refractivity contribution in [1.29, 1.82) is 0 Å². The molecule has 1 atom stereocenters. The highest BCUT2D eigenvalue weighted by Gasteiger charge is 2.18. The Hall–Kier alpha value is -5.26. The minimum absolute atomic E-state index is 0.0341. The normalized spacial score (nSPS) is 11.8. The lowest BCUT2D eigenvalue weighted by Gasteiger charge is -2.13. The zero-order valence-electron chi connectivity index (χ0n) is 24.8. The molecule has 4 aromatic carbocycles. The first-order valence-electron chi connectivity index (χ1n) is 14.1. The van der Waals surface area contributed by atoms with Crippen LogP contribution in [0.1, 0.15) is 22.8 Å². The van der Waals surface area contributed by atoms with Gasteiger partial charge in [-0.15, -0.1) is 23.1 Å². The third kappa shape index (κ3) is 8.46. The number of halogens is 1. The molecular weight excluding hydrogens is 624 g/mol. The van der Waals surface area contributed by atoms with Crippen LogP contribution in [-0.4, -0.2) is 35.1 Å². The first-order valence-corrected chi connectivity index (χ1v) is 15.9. The number of anilines is 2. The molecule has 1 aromatic heterocycles. The van der Waals surface area contributed by atoms with E-state index in [1.165, 1.54) is 42.3 Å². The smallest absolute Gasteiger partial charge is 0.272 e. The monoisotopic (exact) mass is 652 g/mol. The van der Waals surface area contributed by atoms with Crippen LogP contribution in [0.3, 0.4) is 0 Å². The summed E-state index contributed by atoms with van der Waals surface area (Å²) in [6, 6.07) is 28.8. The fraction of sp³-hybridized carbons (Fsp3) is 0.0857. The summed E-state index contributed by atoms with van der Waals surface area (Å²) in [6.45, 7) is 1.79. The zero-order valence-corrected chi connectivity index (χ0v) is 26.5. The van der Waals surface area contributed by atoms with Crippen LogP contribution in [0.15, 0.2) is 119 Å². The van der Waals surface area contributed by atoms with E-state index in [1.54, 1.807) is 97.2 Å². The summed E-state index contributed by atoms with van der Waals surface area (Å²) < 4.78 is 18.7. The van der Waals surface area contributed by atoms with Gasteiger partial charge in [-0.3, -0.25) is 14.4 Å². The summed E-state index contributed by atoms with van der Waals surface area (Å²) in [7, 11) is 1.53. The van der Waals surface area contributed by atoms with E-state index in [2.05, 4.69) is 20.9 Å². The second kappa shape index (κ2) is 15.2. The highest BCUT2D eigenvalue weighted by Crippen LogP contribution is 2.29. The first kappa shape index (κ1) is 32.1. The second-order valence-corrected chi connectivity index (χ2v) is 12.2. The molecule has 0 saturated heterocycles. The topological polar surface area (TPSA) is 109 Å². The van der Waals surface area contributed by atoms with Gasteiger partial charge in [-0.2, -0.15) is 0 Å². The number of ether oxygens (including phenoxy) is 1. The van der Waals surface area contributed by atoms with Gasteiger partial charge in [0.15, 0.2) is 5.13 Å². The number of benzene rings is 4. The van der Waals surface area contributed by atoms with Crippen molar-refractivity contribution in [2.75, 3.05) is 17.7 Å². The number of amides is 3. The Bertz CT molecular complexity index is 1860. The maximum absolute atomic E-state index is 13.4. The van der Waals surface area contributed by atoms with Crippen molar-refractivity contribution in [3.63, 3.8) is 0 Å². The summed E-state index contributed by atoms with van der Waals surface area (Å²) in [5.74, 6) is -0.953. The largest absolute Gasteiger partial charge is 0.496 e. The quantitative estimate of drug-likeness (QED) is 0.101. The number of hydrogen-bond donors (Lipinski definition) is 3. The van der Waals surface area contributed by atoms with Crippen LogP contribution in [0.4, 0.5) is 15.2 Å². The number of thioether (sulfide) groups is 1. The summed E-state index contributed by atoms with van der Waals surface area (Å²) in [5, 5.41) is 10.2. The molecule has 0 aliphatic carbocycles. The molecule has 0 saturated carbocycles. The van der Waals surface area contributed by atoms with Crippen molar-refractivity contribution in [1.82, 2.24) is 10.3 Å². The molecule has 1 unspecified atom stereocenters. The van der Waals surface area contributed by atoms with Gasteiger partial charge in [0.1, 0.15) is 17.3 Å². The Labute approximate surface area is 273 Å². The number of nitrogens with one attached hydrogen (secondary N) is 3. The van der Waals surface area contributed by atoms with Crippen molar-refractivity contribution in [3.05, 3.63) is 131 Å². The minimum Gasteiger partial charge on any atom is -0.496 e. The highest BCUT2D eigenvalue weighted by molar-refractivity contribution is 8.00. The average molecular weight is 653 g/mol. The van der Waals surface area contributed by atoms with E-state index in [9.17, 15) is 18.8 Å². The van der Waals surface area contributed by atoms with E-state index in [4.69, 9.17) is 4.74 Å². The van der Waals surface area contributed by atoms with Gasteiger partial charge >= 0.3 is 0 Å². The van der Waals surface area contributed by atoms with Gasteiger partial charge in [0.2, 0.25) is 5.91 Å². The van der Waals surface area contributed by atoms with E-state index in [0.29, 0.717) is 33.4 Å². The lowest BCUT2D eigenvalue weighted by atomic mass is 10.1. The lowest BCUT2D eigenvalue weighted by molar-refractivity contribution is -0.115. The number of aromatic nitrogens is 1. The van der Waals surface area contributed by atoms with Crippen LogP contribution < -0.4 is 20.7 Å². The Morgan fingerprint density at radius 3 is 2.30 bits per heavy atom. The minimum atomic E-state index is -0.521. The molecule has 3 amide bonds.